The van der Waals surface area contributed by atoms with E-state index in [1.807, 2.05) is 0 Å². The van der Waals surface area contributed by atoms with Crippen molar-refractivity contribution in [1.29, 1.82) is 0 Å². The van der Waals surface area contributed by atoms with E-state index in [1.54, 1.807) is 0 Å². The van der Waals surface area contributed by atoms with E-state index in [0.717, 1.165) is 20.8 Å². The molecule has 1 saturated heterocycles. The van der Waals surface area contributed by atoms with E-state index in [0.29, 0.717) is 0 Å². The third kappa shape index (κ3) is 4.94. The van der Waals surface area contributed by atoms with Crippen molar-refractivity contribution in [1.82, 2.24) is 0 Å². The molecule has 120 valence electrons. The predicted octanol–water partition coefficient (Wildman–Crippen LogP) is -0.532. The molecule has 5 atom stereocenters. The molecule has 0 aromatic carbocycles. The van der Waals surface area contributed by atoms with E-state index < -0.39 is 55.3 Å². The summed E-state index contributed by atoms with van der Waals surface area (Å²) in [5.74, 6) is -2.28. The average molecular weight is 308 g/mol. The normalized spacial score (nSPS) is 32.1. The van der Waals surface area contributed by atoms with Crippen LogP contribution in [-0.2, 0) is 33.3 Å². The quantitative estimate of drug-likeness (QED) is 0.545. The summed E-state index contributed by atoms with van der Waals surface area (Å²) in [4.78, 5) is 32.7. The number of hydrogen-bond acceptors (Lipinski definition) is 8. The number of halogens is 1. The van der Waals surface area contributed by atoms with Gasteiger partial charge < -0.3 is 24.1 Å². The molecule has 9 heteroatoms. The third-order valence-electron chi connectivity index (χ3n) is 2.64. The molecule has 1 rings (SSSR count). The lowest BCUT2D eigenvalue weighted by Crippen LogP contribution is -2.59. The second kappa shape index (κ2) is 7.32. The molecule has 0 amide bonds. The first-order valence-corrected chi connectivity index (χ1v) is 6.17. The summed E-state index contributed by atoms with van der Waals surface area (Å²) >= 11 is 0. The molecular weight excluding hydrogens is 291 g/mol. The van der Waals surface area contributed by atoms with Crippen LogP contribution in [0.15, 0.2) is 0 Å². The van der Waals surface area contributed by atoms with Crippen LogP contribution in [-0.4, -0.2) is 60.4 Å². The Hall–Kier alpha value is -1.74. The van der Waals surface area contributed by atoms with Crippen LogP contribution < -0.4 is 0 Å². The highest BCUT2D eigenvalue weighted by atomic mass is 19.1. The van der Waals surface area contributed by atoms with Gasteiger partial charge in [0.2, 0.25) is 0 Å². The molecule has 0 aliphatic carbocycles. The fraction of sp³-hybridized carbons (Fsp3) is 0.750. The lowest BCUT2D eigenvalue weighted by Gasteiger charge is -2.39. The van der Waals surface area contributed by atoms with Gasteiger partial charge in [-0.15, -0.1) is 0 Å². The Balaban J connectivity index is 2.87. The van der Waals surface area contributed by atoms with Gasteiger partial charge in [0.25, 0.3) is 0 Å². The zero-order valence-electron chi connectivity index (χ0n) is 11.8. The highest BCUT2D eigenvalue weighted by Crippen LogP contribution is 2.27. The van der Waals surface area contributed by atoms with Crippen LogP contribution in [0.5, 0.6) is 0 Å². The van der Waals surface area contributed by atoms with Gasteiger partial charge in [0.1, 0.15) is 12.7 Å². The maximum atomic E-state index is 14.3. The Morgan fingerprint density at radius 1 is 1.05 bits per heavy atom. The molecule has 21 heavy (non-hydrogen) atoms. The van der Waals surface area contributed by atoms with Crippen LogP contribution in [0.25, 0.3) is 0 Å². The molecule has 1 N–H and O–H groups in total. The van der Waals surface area contributed by atoms with Gasteiger partial charge in [0, 0.05) is 20.8 Å². The zero-order chi connectivity index (χ0) is 16.2. The monoisotopic (exact) mass is 308 g/mol. The summed E-state index contributed by atoms with van der Waals surface area (Å²) < 4.78 is 33.3. The highest BCUT2D eigenvalue weighted by molar-refractivity contribution is 5.67. The molecule has 8 nitrogen and oxygen atoms in total. The number of aliphatic hydroxyl groups excluding tert-OH is 1. The fourth-order valence-corrected chi connectivity index (χ4v) is 1.86. The molecule has 1 aliphatic heterocycles. The van der Waals surface area contributed by atoms with Crippen LogP contribution >= 0.6 is 0 Å². The number of rotatable bonds is 4. The minimum atomic E-state index is -1.94. The smallest absolute Gasteiger partial charge is 0.303 e. The van der Waals surface area contributed by atoms with Gasteiger partial charge in [-0.25, -0.2) is 4.39 Å². The van der Waals surface area contributed by atoms with Gasteiger partial charge in [-0.05, 0) is 0 Å². The Morgan fingerprint density at radius 3 is 2.05 bits per heavy atom. The van der Waals surface area contributed by atoms with Gasteiger partial charge in [-0.2, -0.15) is 0 Å². The lowest BCUT2D eigenvalue weighted by atomic mass is 10.00. The van der Waals surface area contributed by atoms with Crippen LogP contribution in [0, 0.1) is 0 Å². The van der Waals surface area contributed by atoms with Crippen molar-refractivity contribution in [2.45, 2.75) is 51.5 Å². The van der Waals surface area contributed by atoms with E-state index in [4.69, 9.17) is 14.2 Å². The number of esters is 3. The van der Waals surface area contributed by atoms with E-state index in [2.05, 4.69) is 4.74 Å². The minimum Gasteiger partial charge on any atom is -0.463 e. The zero-order valence-corrected chi connectivity index (χ0v) is 11.8. The Bertz CT molecular complexity index is 412. The number of carbonyl (C=O) groups is 3. The number of hydrogen-bond donors (Lipinski definition) is 1. The number of ether oxygens (including phenoxy) is 4. The van der Waals surface area contributed by atoms with Gasteiger partial charge in [-0.1, -0.05) is 0 Å². The fourth-order valence-electron chi connectivity index (χ4n) is 1.86. The van der Waals surface area contributed by atoms with E-state index in [-0.39, 0.29) is 0 Å². The molecule has 0 saturated carbocycles. The first kappa shape index (κ1) is 17.3. The van der Waals surface area contributed by atoms with Gasteiger partial charge in [0.15, 0.2) is 24.7 Å². The van der Waals surface area contributed by atoms with Crippen molar-refractivity contribution in [3.63, 3.8) is 0 Å². The van der Waals surface area contributed by atoms with Crippen molar-refractivity contribution in [3.05, 3.63) is 0 Å². The second-order valence-electron chi connectivity index (χ2n) is 4.46. The molecular formula is C12H17FO8. The summed E-state index contributed by atoms with van der Waals surface area (Å²) in [6.45, 7) is 2.74. The Kier molecular flexibility index (Phi) is 6.03. The van der Waals surface area contributed by atoms with Crippen molar-refractivity contribution in [2.24, 2.45) is 0 Å². The molecule has 5 unspecified atom stereocenters. The highest BCUT2D eigenvalue weighted by Gasteiger charge is 2.50. The first-order chi connectivity index (χ1) is 9.72. The molecule has 0 radical (unpaired) electrons. The number of alkyl halides is 1. The van der Waals surface area contributed by atoms with Crippen molar-refractivity contribution >= 4 is 17.9 Å². The average Bonchev–Trinajstić information content (AvgIpc) is 2.35. The molecule has 0 spiro atoms. The minimum absolute atomic E-state index is 0.474. The summed E-state index contributed by atoms with van der Waals surface area (Å²) in [7, 11) is 0. The summed E-state index contributed by atoms with van der Waals surface area (Å²) in [6, 6.07) is 0. The Morgan fingerprint density at radius 2 is 1.57 bits per heavy atom. The predicted molar refractivity (Wildman–Crippen MR) is 63.5 cm³/mol. The third-order valence-corrected chi connectivity index (χ3v) is 2.64. The topological polar surface area (TPSA) is 108 Å². The molecule has 0 aromatic rings. The van der Waals surface area contributed by atoms with Gasteiger partial charge in [0.05, 0.1) is 0 Å². The molecule has 0 bridgehead atoms. The van der Waals surface area contributed by atoms with Crippen LogP contribution in [0.2, 0.25) is 0 Å². The summed E-state index contributed by atoms with van der Waals surface area (Å²) in [5, 5.41) is 9.76. The maximum Gasteiger partial charge on any atom is 0.303 e. The second-order valence-corrected chi connectivity index (χ2v) is 4.46. The number of carbonyl (C=O) groups excluding carboxylic acids is 3. The first-order valence-electron chi connectivity index (χ1n) is 6.17. The van der Waals surface area contributed by atoms with Crippen molar-refractivity contribution in [2.75, 3.05) is 6.61 Å². The molecule has 0 aromatic heterocycles. The lowest BCUT2D eigenvalue weighted by molar-refractivity contribution is -0.283. The van der Waals surface area contributed by atoms with E-state index >= 15 is 0 Å². The molecule has 1 fully saturated rings. The Labute approximate surface area is 120 Å². The van der Waals surface area contributed by atoms with E-state index in [9.17, 15) is 23.9 Å². The summed E-state index contributed by atoms with van der Waals surface area (Å²) in [6.07, 6.45) is -8.07. The SMILES string of the molecule is CC(=O)OCC1OC(O)C(OC(C)=O)C(OC(C)=O)C1F. The number of aliphatic hydroxyl groups is 1. The standard InChI is InChI=1S/C12H17FO8/c1-5(14)18-4-8-9(13)10(19-6(2)15)11(12(17)21-8)20-7(3)16/h8-12,17H,4H2,1-3H3. The largest absolute Gasteiger partial charge is 0.463 e. The van der Waals surface area contributed by atoms with Crippen LogP contribution in [0.4, 0.5) is 4.39 Å². The van der Waals surface area contributed by atoms with Gasteiger partial charge >= 0.3 is 17.9 Å². The molecule has 1 aliphatic rings. The van der Waals surface area contributed by atoms with Crippen molar-refractivity contribution in [3.8, 4) is 0 Å². The van der Waals surface area contributed by atoms with Crippen LogP contribution in [0.1, 0.15) is 20.8 Å². The maximum absolute atomic E-state index is 14.3. The van der Waals surface area contributed by atoms with Gasteiger partial charge in [-0.3, -0.25) is 14.4 Å². The summed E-state index contributed by atoms with van der Waals surface area (Å²) in [5.41, 5.74) is 0. The van der Waals surface area contributed by atoms with Crippen molar-refractivity contribution < 1.29 is 42.8 Å². The van der Waals surface area contributed by atoms with Crippen LogP contribution in [0.3, 0.4) is 0 Å². The molecule has 1 heterocycles. The van der Waals surface area contributed by atoms with E-state index in [1.165, 1.54) is 0 Å².